The number of hydrogen-bond donors (Lipinski definition) is 4. The number of sulfonamides is 1. The minimum Gasteiger partial charge on any atom is -0.480 e. The van der Waals surface area contributed by atoms with Crippen LogP contribution in [0.3, 0.4) is 0 Å². The molecule has 0 heterocycles. The van der Waals surface area contributed by atoms with Gasteiger partial charge in [-0.25, -0.2) is 22.7 Å². The number of amides is 2. The smallest absolute Gasteiger partial charge is 0.329 e. The Morgan fingerprint density at radius 2 is 1.94 bits per heavy atom. The quantitative estimate of drug-likeness (QED) is 0.468. The average molecular weight is 279 g/mol. The van der Waals surface area contributed by atoms with E-state index in [1.54, 1.807) is 6.92 Å². The average Bonchev–Trinajstić information content (AvgIpc) is 2.98. The first-order valence-corrected chi connectivity index (χ1v) is 7.23. The van der Waals surface area contributed by atoms with E-state index in [1.807, 2.05) is 0 Å². The van der Waals surface area contributed by atoms with Crippen molar-refractivity contribution in [3.05, 3.63) is 0 Å². The molecule has 0 radical (unpaired) electrons. The molecule has 0 aromatic heterocycles. The van der Waals surface area contributed by atoms with E-state index in [0.717, 1.165) is 0 Å². The number of urea groups is 1. The molecule has 9 heteroatoms. The topological polar surface area (TPSA) is 125 Å². The van der Waals surface area contributed by atoms with Crippen molar-refractivity contribution in [2.45, 2.75) is 25.3 Å². The second-order valence-corrected chi connectivity index (χ2v) is 6.01. The highest BCUT2D eigenvalue weighted by molar-refractivity contribution is 7.89. The number of carboxylic acids is 1. The number of rotatable bonds is 7. The third-order valence-electron chi connectivity index (χ3n) is 2.53. The second kappa shape index (κ2) is 5.53. The molecule has 0 atom stereocenters. The third-order valence-corrected chi connectivity index (χ3v) is 4.00. The molecule has 0 aliphatic heterocycles. The summed E-state index contributed by atoms with van der Waals surface area (Å²) in [6, 6.07) is -0.665. The van der Waals surface area contributed by atoms with E-state index in [1.165, 1.54) is 0 Å². The van der Waals surface area contributed by atoms with Crippen molar-refractivity contribution in [1.29, 1.82) is 0 Å². The van der Waals surface area contributed by atoms with Crippen molar-refractivity contribution in [3.63, 3.8) is 0 Å². The van der Waals surface area contributed by atoms with E-state index >= 15 is 0 Å². The molecule has 104 valence electrons. The first-order valence-electron chi connectivity index (χ1n) is 5.58. The van der Waals surface area contributed by atoms with Gasteiger partial charge in [0.2, 0.25) is 10.0 Å². The van der Waals surface area contributed by atoms with Gasteiger partial charge in [0.15, 0.2) is 0 Å². The van der Waals surface area contributed by atoms with Crippen LogP contribution in [0.15, 0.2) is 0 Å². The Labute approximate surface area is 105 Å². The maximum Gasteiger partial charge on any atom is 0.329 e. The Hall–Kier alpha value is -1.35. The van der Waals surface area contributed by atoms with Gasteiger partial charge < -0.3 is 15.7 Å². The van der Waals surface area contributed by atoms with E-state index in [2.05, 4.69) is 15.4 Å². The van der Waals surface area contributed by atoms with Gasteiger partial charge in [0.05, 0.1) is 5.75 Å². The van der Waals surface area contributed by atoms with Crippen LogP contribution in [0.5, 0.6) is 0 Å². The lowest BCUT2D eigenvalue weighted by Gasteiger charge is -2.13. The third kappa shape index (κ3) is 4.15. The standard InChI is InChI=1S/C9H17N3O5S/c1-2-11-18(16,17)6-5-10-8(15)12-9(3-4-9)7(13)14/h11H,2-6H2,1H3,(H,13,14)(H2,10,12,15). The number of nitrogens with one attached hydrogen (secondary N) is 3. The fraction of sp³-hybridized carbons (Fsp3) is 0.778. The van der Waals surface area contributed by atoms with E-state index in [9.17, 15) is 18.0 Å². The Morgan fingerprint density at radius 1 is 1.33 bits per heavy atom. The van der Waals surface area contributed by atoms with Crippen LogP contribution in [0, 0.1) is 0 Å². The molecule has 1 rings (SSSR count). The Bertz CT molecular complexity index is 429. The van der Waals surface area contributed by atoms with Gasteiger partial charge in [-0.1, -0.05) is 6.92 Å². The monoisotopic (exact) mass is 279 g/mol. The molecule has 0 unspecified atom stereocenters. The van der Waals surface area contributed by atoms with Crippen molar-refractivity contribution in [1.82, 2.24) is 15.4 Å². The van der Waals surface area contributed by atoms with Crippen LogP contribution < -0.4 is 15.4 Å². The number of carbonyl (C=O) groups excluding carboxylic acids is 1. The minimum atomic E-state index is -3.38. The molecule has 1 saturated carbocycles. The summed E-state index contributed by atoms with van der Waals surface area (Å²) in [5.74, 6) is -1.31. The molecule has 0 spiro atoms. The van der Waals surface area contributed by atoms with Crippen molar-refractivity contribution in [2.24, 2.45) is 0 Å². The highest BCUT2D eigenvalue weighted by atomic mass is 32.2. The van der Waals surface area contributed by atoms with Gasteiger partial charge in [0.25, 0.3) is 0 Å². The zero-order chi connectivity index (χ0) is 13.8. The molecule has 0 bridgehead atoms. The van der Waals surface area contributed by atoms with Crippen LogP contribution in [0.2, 0.25) is 0 Å². The molecule has 1 aliphatic rings. The van der Waals surface area contributed by atoms with Gasteiger partial charge >= 0.3 is 12.0 Å². The lowest BCUT2D eigenvalue weighted by atomic mass is 10.3. The molecule has 8 nitrogen and oxygen atoms in total. The summed E-state index contributed by atoms with van der Waals surface area (Å²) in [5.41, 5.74) is -1.16. The highest BCUT2D eigenvalue weighted by Gasteiger charge is 2.51. The first-order chi connectivity index (χ1) is 8.31. The van der Waals surface area contributed by atoms with Crippen molar-refractivity contribution in [2.75, 3.05) is 18.8 Å². The van der Waals surface area contributed by atoms with E-state index < -0.39 is 27.6 Å². The maximum atomic E-state index is 11.3. The Balaban J connectivity index is 2.28. The van der Waals surface area contributed by atoms with Crippen molar-refractivity contribution < 1.29 is 23.1 Å². The van der Waals surface area contributed by atoms with Crippen molar-refractivity contribution >= 4 is 22.0 Å². The maximum absolute atomic E-state index is 11.3. The normalized spacial score (nSPS) is 16.9. The summed E-state index contributed by atoms with van der Waals surface area (Å²) < 4.78 is 24.8. The van der Waals surface area contributed by atoms with Crippen LogP contribution in [0.25, 0.3) is 0 Å². The largest absolute Gasteiger partial charge is 0.480 e. The number of hydrogen-bond acceptors (Lipinski definition) is 4. The molecule has 1 fully saturated rings. The van der Waals surface area contributed by atoms with Gasteiger partial charge in [-0.15, -0.1) is 0 Å². The van der Waals surface area contributed by atoms with Gasteiger partial charge in [-0.05, 0) is 12.8 Å². The van der Waals surface area contributed by atoms with E-state index in [4.69, 9.17) is 5.11 Å². The summed E-state index contributed by atoms with van der Waals surface area (Å²) in [5, 5.41) is 13.5. The Kier molecular flexibility index (Phi) is 4.52. The van der Waals surface area contributed by atoms with Gasteiger partial charge in [0, 0.05) is 13.1 Å². The molecule has 18 heavy (non-hydrogen) atoms. The predicted molar refractivity (Wildman–Crippen MR) is 63.6 cm³/mol. The molecule has 1 aliphatic carbocycles. The van der Waals surface area contributed by atoms with E-state index in [-0.39, 0.29) is 18.8 Å². The number of carboxylic acid groups (broad SMARTS) is 1. The summed E-state index contributed by atoms with van der Waals surface area (Å²) >= 11 is 0. The van der Waals surface area contributed by atoms with Crippen LogP contribution in [0.4, 0.5) is 4.79 Å². The summed E-state index contributed by atoms with van der Waals surface area (Å²) in [4.78, 5) is 22.1. The fourth-order valence-corrected chi connectivity index (χ4v) is 2.32. The van der Waals surface area contributed by atoms with Gasteiger partial charge in [-0.3, -0.25) is 0 Å². The molecule has 0 aromatic rings. The predicted octanol–water partition coefficient (Wildman–Crippen LogP) is -1.16. The van der Waals surface area contributed by atoms with Crippen molar-refractivity contribution in [3.8, 4) is 0 Å². The molecule has 0 saturated heterocycles. The lowest BCUT2D eigenvalue weighted by Crippen LogP contribution is -2.49. The molecular weight excluding hydrogens is 262 g/mol. The van der Waals surface area contributed by atoms with Crippen LogP contribution in [-0.2, 0) is 14.8 Å². The summed E-state index contributed by atoms with van der Waals surface area (Å²) in [7, 11) is -3.38. The van der Waals surface area contributed by atoms with Crippen LogP contribution in [0.1, 0.15) is 19.8 Å². The zero-order valence-electron chi connectivity index (χ0n) is 10.0. The highest BCUT2D eigenvalue weighted by Crippen LogP contribution is 2.35. The van der Waals surface area contributed by atoms with Crippen LogP contribution in [-0.4, -0.2) is 49.9 Å². The molecule has 2 amide bonds. The summed E-state index contributed by atoms with van der Waals surface area (Å²) in [6.45, 7) is 1.87. The van der Waals surface area contributed by atoms with Crippen LogP contribution >= 0.6 is 0 Å². The minimum absolute atomic E-state index is 0.0726. The molecule has 0 aromatic carbocycles. The van der Waals surface area contributed by atoms with Gasteiger partial charge in [0.1, 0.15) is 5.54 Å². The Morgan fingerprint density at radius 3 is 2.39 bits per heavy atom. The van der Waals surface area contributed by atoms with Gasteiger partial charge in [-0.2, -0.15) is 0 Å². The number of carbonyl (C=O) groups is 2. The molecular formula is C9H17N3O5S. The first kappa shape index (κ1) is 14.7. The lowest BCUT2D eigenvalue weighted by molar-refractivity contribution is -0.140. The SMILES string of the molecule is CCNS(=O)(=O)CCNC(=O)NC1(C(=O)O)CC1. The number of aliphatic carboxylic acids is 1. The van der Waals surface area contributed by atoms with E-state index in [0.29, 0.717) is 12.8 Å². The molecule has 4 N–H and O–H groups in total. The zero-order valence-corrected chi connectivity index (χ0v) is 10.8. The second-order valence-electron chi connectivity index (χ2n) is 4.08. The summed E-state index contributed by atoms with van der Waals surface area (Å²) in [6.07, 6.45) is 0.789. The fourth-order valence-electron chi connectivity index (χ4n) is 1.37.